The van der Waals surface area contributed by atoms with Gasteiger partial charge in [-0.05, 0) is 31.6 Å². The predicted molar refractivity (Wildman–Crippen MR) is 116 cm³/mol. The highest BCUT2D eigenvalue weighted by Crippen LogP contribution is 2.36. The molecular formula is C24H30O9. The second-order valence-electron chi connectivity index (χ2n) is 8.06. The largest absolute Gasteiger partial charge is 0.461 e. The first kappa shape index (κ1) is 26.1. The Kier molecular flexibility index (Phi) is 9.16. The average molecular weight is 462 g/mol. The summed E-state index contributed by atoms with van der Waals surface area (Å²) in [6.07, 6.45) is 3.34. The molecule has 9 heteroatoms. The fourth-order valence-electron chi connectivity index (χ4n) is 3.73. The van der Waals surface area contributed by atoms with Gasteiger partial charge < -0.3 is 24.1 Å². The first-order valence-electron chi connectivity index (χ1n) is 10.6. The fraction of sp³-hybridized carbons (Fsp3) is 0.500. The van der Waals surface area contributed by atoms with Gasteiger partial charge in [0, 0.05) is 32.3 Å². The highest BCUT2D eigenvalue weighted by Gasteiger charge is 2.45. The van der Waals surface area contributed by atoms with Crippen LogP contribution in [0, 0.1) is 5.92 Å². The molecular weight excluding hydrogens is 432 g/mol. The quantitative estimate of drug-likeness (QED) is 0.273. The molecule has 0 bridgehead atoms. The summed E-state index contributed by atoms with van der Waals surface area (Å²) in [6.45, 7) is 9.16. The summed E-state index contributed by atoms with van der Waals surface area (Å²) in [7, 11) is 0. The highest BCUT2D eigenvalue weighted by molar-refractivity contribution is 5.92. The van der Waals surface area contributed by atoms with Crippen molar-refractivity contribution in [3.63, 3.8) is 0 Å². The van der Waals surface area contributed by atoms with E-state index in [-0.39, 0.29) is 24.2 Å². The molecule has 0 aromatic rings. The molecule has 0 amide bonds. The Morgan fingerprint density at radius 3 is 2.52 bits per heavy atom. The molecule has 1 N–H and O–H groups in total. The van der Waals surface area contributed by atoms with Crippen LogP contribution in [0.15, 0.2) is 47.1 Å². The van der Waals surface area contributed by atoms with Crippen LogP contribution in [0.5, 0.6) is 0 Å². The van der Waals surface area contributed by atoms with Crippen molar-refractivity contribution in [2.45, 2.75) is 58.8 Å². The van der Waals surface area contributed by atoms with Crippen molar-refractivity contribution < 1.29 is 43.2 Å². The summed E-state index contributed by atoms with van der Waals surface area (Å²) in [5, 5.41) is 9.24. The molecule has 1 aliphatic heterocycles. The van der Waals surface area contributed by atoms with Crippen LogP contribution in [0.1, 0.15) is 40.5 Å². The van der Waals surface area contributed by atoms with Gasteiger partial charge in [-0.1, -0.05) is 18.2 Å². The fourth-order valence-corrected chi connectivity index (χ4v) is 3.73. The summed E-state index contributed by atoms with van der Waals surface area (Å²) in [5.74, 6) is -3.09. The molecule has 0 spiro atoms. The van der Waals surface area contributed by atoms with Crippen LogP contribution in [0.25, 0.3) is 0 Å². The third-order valence-electron chi connectivity index (χ3n) is 5.40. The molecule has 9 nitrogen and oxygen atoms in total. The second kappa shape index (κ2) is 11.6. The van der Waals surface area contributed by atoms with Crippen molar-refractivity contribution >= 4 is 23.9 Å². The average Bonchev–Trinajstić information content (AvgIpc) is 2.99. The molecule has 0 saturated carbocycles. The van der Waals surface area contributed by atoms with Crippen molar-refractivity contribution in [3.05, 3.63) is 47.1 Å². The molecule has 1 fully saturated rings. The molecule has 1 saturated heterocycles. The van der Waals surface area contributed by atoms with E-state index in [1.165, 1.54) is 19.9 Å². The van der Waals surface area contributed by atoms with E-state index < -0.39 is 54.7 Å². The maximum Gasteiger partial charge on any atom is 0.337 e. The van der Waals surface area contributed by atoms with Crippen LogP contribution in [-0.4, -0.2) is 60.5 Å². The van der Waals surface area contributed by atoms with Crippen LogP contribution in [0.4, 0.5) is 0 Å². The molecule has 180 valence electrons. The Morgan fingerprint density at radius 1 is 1.21 bits per heavy atom. The number of rotatable bonds is 6. The lowest BCUT2D eigenvalue weighted by Gasteiger charge is -2.28. The zero-order valence-electron chi connectivity index (χ0n) is 19.3. The Morgan fingerprint density at radius 2 is 1.91 bits per heavy atom. The number of aliphatic hydroxyl groups is 1. The predicted octanol–water partition coefficient (Wildman–Crippen LogP) is 2.10. The maximum absolute atomic E-state index is 12.8. The van der Waals surface area contributed by atoms with E-state index >= 15 is 0 Å². The van der Waals surface area contributed by atoms with Crippen molar-refractivity contribution in [2.24, 2.45) is 5.92 Å². The topological polar surface area (TPSA) is 125 Å². The lowest BCUT2D eigenvalue weighted by Crippen LogP contribution is -2.35. The molecule has 0 unspecified atom stereocenters. The lowest BCUT2D eigenvalue weighted by atomic mass is 9.85. The summed E-state index contributed by atoms with van der Waals surface area (Å²) in [6, 6.07) is 0. The lowest BCUT2D eigenvalue weighted by molar-refractivity contribution is -0.149. The maximum atomic E-state index is 12.8. The van der Waals surface area contributed by atoms with Gasteiger partial charge in [0.2, 0.25) is 0 Å². The summed E-state index contributed by atoms with van der Waals surface area (Å²) in [4.78, 5) is 47.9. The highest BCUT2D eigenvalue weighted by atomic mass is 16.6. The number of carbonyl (C=O) groups is 4. The molecule has 0 radical (unpaired) electrons. The minimum absolute atomic E-state index is 0.0273. The van der Waals surface area contributed by atoms with Crippen LogP contribution in [-0.2, 0) is 38.1 Å². The first-order valence-corrected chi connectivity index (χ1v) is 10.6. The van der Waals surface area contributed by atoms with E-state index in [9.17, 15) is 24.3 Å². The number of fused-ring (bicyclic) bond motifs is 1. The molecule has 0 aromatic heterocycles. The van der Waals surface area contributed by atoms with Gasteiger partial charge in [-0.15, -0.1) is 0 Å². The van der Waals surface area contributed by atoms with E-state index in [2.05, 4.69) is 6.58 Å². The SMILES string of the molecule is C=C1C(=O)O[C@@H]2/C=C(/C)[C@@H](OC(C)=O)C/C=C(\C)C[C@@H](OC(=O)/C(=C/CO)COC(C)=O)[C@@H]12. The molecule has 2 rings (SSSR count). The first-order chi connectivity index (χ1) is 15.5. The summed E-state index contributed by atoms with van der Waals surface area (Å²) < 4.78 is 21.5. The van der Waals surface area contributed by atoms with Crippen LogP contribution < -0.4 is 0 Å². The third kappa shape index (κ3) is 7.15. The monoisotopic (exact) mass is 462 g/mol. The number of hydrogen-bond acceptors (Lipinski definition) is 9. The van der Waals surface area contributed by atoms with E-state index in [1.807, 2.05) is 13.0 Å². The van der Waals surface area contributed by atoms with Gasteiger partial charge in [0.1, 0.15) is 24.9 Å². The van der Waals surface area contributed by atoms with Crippen molar-refractivity contribution in [3.8, 4) is 0 Å². The molecule has 33 heavy (non-hydrogen) atoms. The zero-order chi connectivity index (χ0) is 24.7. The van der Waals surface area contributed by atoms with Crippen LogP contribution in [0.2, 0.25) is 0 Å². The van der Waals surface area contributed by atoms with Gasteiger partial charge in [-0.25, -0.2) is 9.59 Å². The van der Waals surface area contributed by atoms with Crippen molar-refractivity contribution in [2.75, 3.05) is 13.2 Å². The van der Waals surface area contributed by atoms with Crippen LogP contribution >= 0.6 is 0 Å². The molecule has 4 atom stereocenters. The number of carbonyl (C=O) groups excluding carboxylic acids is 4. The number of aliphatic hydroxyl groups excluding tert-OH is 1. The van der Waals surface area contributed by atoms with Crippen LogP contribution in [0.3, 0.4) is 0 Å². The van der Waals surface area contributed by atoms with Gasteiger partial charge in [-0.2, -0.15) is 0 Å². The minimum atomic E-state index is -0.813. The molecule has 0 aromatic carbocycles. The Bertz CT molecular complexity index is 909. The van der Waals surface area contributed by atoms with E-state index in [0.29, 0.717) is 12.0 Å². The van der Waals surface area contributed by atoms with E-state index in [1.54, 1.807) is 13.0 Å². The number of hydrogen-bond donors (Lipinski definition) is 1. The molecule has 1 aliphatic carbocycles. The Balaban J connectivity index is 2.39. The summed E-state index contributed by atoms with van der Waals surface area (Å²) in [5.41, 5.74) is 1.67. The molecule has 2 aliphatic rings. The second-order valence-corrected chi connectivity index (χ2v) is 8.06. The molecule has 1 heterocycles. The Hall–Kier alpha value is -3.20. The standard InChI is InChI=1S/C24H30O9/c1-13-6-7-19(31-17(5)27)14(2)11-21-22(15(3)23(28)32-21)20(10-13)33-24(29)18(8-9-25)12-30-16(4)26/h6,8,11,19-22,25H,3,7,9-10,12H2,1-2,4-5H3/b13-6+,14-11-,18-8+/t19-,20+,21+,22+/m0/s1. The van der Waals surface area contributed by atoms with Gasteiger partial charge in [-0.3, -0.25) is 9.59 Å². The van der Waals surface area contributed by atoms with Gasteiger partial charge in [0.05, 0.1) is 18.1 Å². The summed E-state index contributed by atoms with van der Waals surface area (Å²) >= 11 is 0. The minimum Gasteiger partial charge on any atom is -0.461 e. The Labute approximate surface area is 192 Å². The van der Waals surface area contributed by atoms with E-state index in [0.717, 1.165) is 5.57 Å². The third-order valence-corrected chi connectivity index (χ3v) is 5.40. The zero-order valence-corrected chi connectivity index (χ0v) is 19.3. The number of esters is 4. The van der Waals surface area contributed by atoms with Crippen molar-refractivity contribution in [1.82, 2.24) is 0 Å². The normalized spacial score (nSPS) is 28.9. The van der Waals surface area contributed by atoms with E-state index in [4.69, 9.17) is 18.9 Å². The van der Waals surface area contributed by atoms with Gasteiger partial charge in [0.25, 0.3) is 0 Å². The smallest absolute Gasteiger partial charge is 0.337 e. The van der Waals surface area contributed by atoms with Gasteiger partial charge in [0.15, 0.2) is 0 Å². The van der Waals surface area contributed by atoms with Gasteiger partial charge >= 0.3 is 23.9 Å². The number of ether oxygens (including phenoxy) is 4. The van der Waals surface area contributed by atoms with Crippen molar-refractivity contribution in [1.29, 1.82) is 0 Å².